The molecule has 2 saturated heterocycles. The Morgan fingerprint density at radius 3 is 2.22 bits per heavy atom. The molecule has 0 spiro atoms. The van der Waals surface area contributed by atoms with Crippen LogP contribution in [0.5, 0.6) is 0 Å². The first kappa shape index (κ1) is 18.9. The molecule has 7 heteroatoms. The third-order valence-corrected chi connectivity index (χ3v) is 9.71. The van der Waals surface area contributed by atoms with Crippen molar-refractivity contribution in [2.45, 2.75) is 89.3 Å². The summed E-state index contributed by atoms with van der Waals surface area (Å²) < 4.78 is 18.2. The van der Waals surface area contributed by atoms with Crippen LogP contribution in [0.1, 0.15) is 41.0 Å². The lowest BCUT2D eigenvalue weighted by Gasteiger charge is -2.37. The van der Waals surface area contributed by atoms with Gasteiger partial charge in [-0.15, -0.1) is 0 Å². The summed E-state index contributed by atoms with van der Waals surface area (Å²) in [6.07, 6.45) is -0.384. The summed E-state index contributed by atoms with van der Waals surface area (Å²) in [6, 6.07) is -0.285. The number of hydrogen-bond donors (Lipinski definition) is 2. The molecule has 0 saturated carbocycles. The minimum absolute atomic E-state index is 0.0250. The largest absolute Gasteiger partial charge is 0.481 e. The van der Waals surface area contributed by atoms with Gasteiger partial charge in [-0.2, -0.15) is 0 Å². The Hall–Kier alpha value is -0.473. The Bertz CT molecular complexity index is 460. The van der Waals surface area contributed by atoms with E-state index in [2.05, 4.69) is 39.2 Å². The Morgan fingerprint density at radius 1 is 1.22 bits per heavy atom. The van der Waals surface area contributed by atoms with E-state index in [9.17, 15) is 4.79 Å². The number of ether oxygens (including phenoxy) is 2. The molecule has 0 aromatic carbocycles. The fourth-order valence-electron chi connectivity index (χ4n) is 2.92. The number of hydrogen-bond acceptors (Lipinski definition) is 5. The topological polar surface area (TPSA) is 77.0 Å². The first-order valence-corrected chi connectivity index (χ1v) is 11.2. The number of carboxylic acid groups (broad SMARTS) is 1. The van der Waals surface area contributed by atoms with Gasteiger partial charge in [0.1, 0.15) is 12.2 Å². The Morgan fingerprint density at radius 2 is 1.74 bits per heavy atom. The van der Waals surface area contributed by atoms with Crippen molar-refractivity contribution < 1.29 is 23.8 Å². The number of nitrogens with one attached hydrogen (secondary N) is 1. The summed E-state index contributed by atoms with van der Waals surface area (Å²) in [5.74, 6) is -1.51. The molecule has 0 aromatic rings. The minimum atomic E-state index is -1.86. The van der Waals surface area contributed by atoms with Crippen LogP contribution in [0.3, 0.4) is 0 Å². The quantitative estimate of drug-likeness (QED) is 0.745. The van der Waals surface area contributed by atoms with Gasteiger partial charge in [0.25, 0.3) is 0 Å². The highest BCUT2D eigenvalue weighted by Crippen LogP contribution is 2.39. The summed E-state index contributed by atoms with van der Waals surface area (Å²) in [5, 5.41) is 12.6. The zero-order valence-corrected chi connectivity index (χ0v) is 16.3. The van der Waals surface area contributed by atoms with Gasteiger partial charge in [-0.3, -0.25) is 4.79 Å². The van der Waals surface area contributed by atoms with Gasteiger partial charge >= 0.3 is 5.97 Å². The molecule has 134 valence electrons. The lowest BCUT2D eigenvalue weighted by atomic mass is 10.1. The van der Waals surface area contributed by atoms with Crippen molar-refractivity contribution in [1.29, 1.82) is 0 Å². The number of fused-ring (bicyclic) bond motifs is 1. The van der Waals surface area contributed by atoms with Crippen molar-refractivity contribution in [3.63, 3.8) is 0 Å². The molecule has 2 N–H and O–H groups in total. The molecule has 2 aliphatic rings. The van der Waals surface area contributed by atoms with Crippen molar-refractivity contribution in [3.8, 4) is 0 Å². The second kappa shape index (κ2) is 6.11. The van der Waals surface area contributed by atoms with Crippen molar-refractivity contribution in [3.05, 3.63) is 0 Å². The molecule has 0 amide bonds. The van der Waals surface area contributed by atoms with Gasteiger partial charge in [-0.25, -0.2) is 0 Å². The summed E-state index contributed by atoms with van der Waals surface area (Å²) in [7, 11) is -1.86. The zero-order chi connectivity index (χ0) is 17.6. The van der Waals surface area contributed by atoms with E-state index in [0.717, 1.165) is 0 Å². The van der Waals surface area contributed by atoms with Gasteiger partial charge in [0.05, 0.1) is 19.1 Å². The number of carboxylic acids is 1. The highest BCUT2D eigenvalue weighted by atomic mass is 28.4. The molecule has 6 nitrogen and oxygen atoms in total. The van der Waals surface area contributed by atoms with Crippen molar-refractivity contribution in [1.82, 2.24) is 5.32 Å². The van der Waals surface area contributed by atoms with Crippen LogP contribution in [0.25, 0.3) is 0 Å². The first-order valence-electron chi connectivity index (χ1n) is 8.30. The van der Waals surface area contributed by atoms with Crippen LogP contribution in [0.4, 0.5) is 0 Å². The molecular weight excluding hydrogens is 314 g/mol. The summed E-state index contributed by atoms with van der Waals surface area (Å²) >= 11 is 0. The van der Waals surface area contributed by atoms with E-state index in [-0.39, 0.29) is 35.8 Å². The molecule has 0 aromatic heterocycles. The number of aliphatic carboxylic acids is 1. The van der Waals surface area contributed by atoms with E-state index in [0.29, 0.717) is 6.61 Å². The van der Waals surface area contributed by atoms with Crippen molar-refractivity contribution in [2.24, 2.45) is 0 Å². The molecule has 1 unspecified atom stereocenters. The molecule has 0 bridgehead atoms. The Kier molecular flexibility index (Phi) is 5.01. The predicted molar refractivity (Wildman–Crippen MR) is 89.9 cm³/mol. The lowest BCUT2D eigenvalue weighted by molar-refractivity contribution is -0.159. The van der Waals surface area contributed by atoms with Crippen LogP contribution in [-0.2, 0) is 18.7 Å². The normalized spacial score (nSPS) is 33.7. The van der Waals surface area contributed by atoms with E-state index < -0.39 is 20.1 Å². The Balaban J connectivity index is 2.06. The first-order chi connectivity index (χ1) is 10.3. The minimum Gasteiger partial charge on any atom is -0.481 e. The monoisotopic (exact) mass is 345 g/mol. The van der Waals surface area contributed by atoms with Gasteiger partial charge in [0.15, 0.2) is 14.1 Å². The van der Waals surface area contributed by atoms with E-state index in [1.165, 1.54) is 0 Å². The molecule has 23 heavy (non-hydrogen) atoms. The molecular formula is C16H31NO5Si. The zero-order valence-electron chi connectivity index (χ0n) is 15.3. The molecule has 2 heterocycles. The van der Waals surface area contributed by atoms with Gasteiger partial charge in [-0.1, -0.05) is 20.8 Å². The second-order valence-corrected chi connectivity index (χ2v) is 13.4. The maximum atomic E-state index is 11.1. The average molecular weight is 346 g/mol. The highest BCUT2D eigenvalue weighted by molar-refractivity contribution is 6.74. The fourth-order valence-corrected chi connectivity index (χ4v) is 3.95. The van der Waals surface area contributed by atoms with E-state index in [4.69, 9.17) is 19.0 Å². The molecule has 2 fully saturated rings. The van der Waals surface area contributed by atoms with E-state index in [1.54, 1.807) is 0 Å². The molecule has 0 aliphatic carbocycles. The maximum Gasteiger partial charge on any atom is 0.305 e. The van der Waals surface area contributed by atoms with Crippen LogP contribution >= 0.6 is 0 Å². The van der Waals surface area contributed by atoms with E-state index in [1.807, 2.05) is 13.8 Å². The second-order valence-electron chi connectivity index (χ2n) is 8.61. The van der Waals surface area contributed by atoms with Gasteiger partial charge in [0, 0.05) is 6.04 Å². The van der Waals surface area contributed by atoms with Crippen LogP contribution in [0, 0.1) is 0 Å². The smallest absolute Gasteiger partial charge is 0.305 e. The third kappa shape index (κ3) is 4.14. The van der Waals surface area contributed by atoms with Gasteiger partial charge < -0.3 is 24.3 Å². The number of rotatable bonds is 5. The molecule has 4 atom stereocenters. The summed E-state index contributed by atoms with van der Waals surface area (Å²) in [6.45, 7) is 15.3. The van der Waals surface area contributed by atoms with Crippen LogP contribution in [-0.4, -0.2) is 56.1 Å². The van der Waals surface area contributed by atoms with E-state index >= 15 is 0 Å². The third-order valence-electron chi connectivity index (χ3n) is 5.21. The number of carbonyl (C=O) groups is 1. The van der Waals surface area contributed by atoms with Gasteiger partial charge in [-0.05, 0) is 32.0 Å². The molecule has 2 rings (SSSR count). The van der Waals surface area contributed by atoms with Gasteiger partial charge in [0.2, 0.25) is 0 Å². The molecule has 0 radical (unpaired) electrons. The van der Waals surface area contributed by atoms with Crippen molar-refractivity contribution >= 4 is 14.3 Å². The SMILES string of the molecule is CC1(C)O[C@@H]2[C@@H](CO[Si](C)(C)C(C)(C)C)NC(CC(=O)O)[C@@H]2O1. The average Bonchev–Trinajstić information content (AvgIpc) is 2.80. The standard InChI is InChI=1S/C16H31NO5Si/c1-15(2,3)23(6,7)20-9-11-14-13(21-16(4,5)22-14)10(17-11)8-12(18)19/h10-11,13-14,17H,8-9H2,1-7H3,(H,18,19)/t10?,11-,13+,14-/m1/s1. The Labute approximate surface area is 140 Å². The molecule has 2 aliphatic heterocycles. The predicted octanol–water partition coefficient (Wildman–Crippen LogP) is 2.34. The summed E-state index contributed by atoms with van der Waals surface area (Å²) in [5.41, 5.74) is 0. The maximum absolute atomic E-state index is 11.1. The summed E-state index contributed by atoms with van der Waals surface area (Å²) in [4.78, 5) is 11.1. The fraction of sp³-hybridized carbons (Fsp3) is 0.938. The van der Waals surface area contributed by atoms with Crippen LogP contribution in [0.15, 0.2) is 0 Å². The highest BCUT2D eigenvalue weighted by Gasteiger charge is 2.54. The lowest BCUT2D eigenvalue weighted by Crippen LogP contribution is -2.47. The van der Waals surface area contributed by atoms with Crippen LogP contribution < -0.4 is 5.32 Å². The van der Waals surface area contributed by atoms with Crippen LogP contribution in [0.2, 0.25) is 18.1 Å². The van der Waals surface area contributed by atoms with Crippen molar-refractivity contribution in [2.75, 3.05) is 6.61 Å².